The molecular weight excluding hydrogens is 527 g/mol. The Bertz CT molecular complexity index is 1110. The van der Waals surface area contributed by atoms with Gasteiger partial charge in [-0.15, -0.1) is 0 Å². The van der Waals surface area contributed by atoms with E-state index in [1.807, 2.05) is 0 Å². The molecule has 0 spiro atoms. The van der Waals surface area contributed by atoms with E-state index < -0.39 is 31.4 Å². The van der Waals surface area contributed by atoms with Crippen LogP contribution in [0.1, 0.15) is 72.6 Å². The van der Waals surface area contributed by atoms with Crippen LogP contribution in [0.5, 0.6) is 0 Å². The molecule has 2 aromatic rings. The summed E-state index contributed by atoms with van der Waals surface area (Å²) in [5.41, 5.74) is 5.57. The number of nitrogens with zero attached hydrogens (tertiary/aromatic N) is 4. The van der Waals surface area contributed by atoms with Gasteiger partial charge in [0, 0.05) is 0 Å². The van der Waals surface area contributed by atoms with Gasteiger partial charge in [-0.3, -0.25) is 9.36 Å². The molecule has 0 saturated heterocycles. The molecule has 0 aliphatic heterocycles. The van der Waals surface area contributed by atoms with Crippen LogP contribution in [-0.4, -0.2) is 74.2 Å². The highest BCUT2D eigenvalue weighted by Crippen LogP contribution is 2.45. The zero-order chi connectivity index (χ0) is 28.5. The summed E-state index contributed by atoms with van der Waals surface area (Å²) in [6.45, 7) is 7.27. The van der Waals surface area contributed by atoms with Crippen LogP contribution in [0.2, 0.25) is 0 Å². The van der Waals surface area contributed by atoms with Crippen LogP contribution in [-0.2, 0) is 34.6 Å². The summed E-state index contributed by atoms with van der Waals surface area (Å²) in [6.07, 6.45) is 7.33. The number of nitrogens with one attached hydrogen (secondary N) is 1. The Kier molecular flexibility index (Phi) is 11.6. The first-order chi connectivity index (χ1) is 18.5. The van der Waals surface area contributed by atoms with Crippen molar-refractivity contribution in [1.82, 2.24) is 24.6 Å². The number of carbonyl (C=O) groups is 1. The number of hydrogen-bond acceptors (Lipinski definition) is 11. The summed E-state index contributed by atoms with van der Waals surface area (Å²) in [6, 6.07) is 0. The number of aliphatic hydroxyl groups excluding tert-OH is 1. The largest absolute Gasteiger partial charge is 0.464 e. The molecule has 3 atom stereocenters. The van der Waals surface area contributed by atoms with Crippen LogP contribution < -0.4 is 10.8 Å². The van der Waals surface area contributed by atoms with Crippen LogP contribution >= 0.6 is 7.52 Å². The van der Waals surface area contributed by atoms with Gasteiger partial charge in [0.2, 0.25) is 0 Å². The minimum Gasteiger partial charge on any atom is -0.464 e. The van der Waals surface area contributed by atoms with E-state index in [-0.39, 0.29) is 31.5 Å². The van der Waals surface area contributed by atoms with Crippen molar-refractivity contribution >= 4 is 30.5 Å². The standard InChI is InChI=1S/C25H43N6O7P/c1-5-6-9-12-35-24(33)25(3,4)30-39(34,37-14-20(32)38-19-10-7-8-11-19)17-36-18(2)13-31-16-29-21-22(26)27-15-28-23(21)31/h15-16,18-20,32H,5-14,17H2,1-4H3,(H,30,34)(H2,26,27,28)/t18-,20?,39?/m1/s1. The molecule has 14 heteroatoms. The van der Waals surface area contributed by atoms with Crippen molar-refractivity contribution in [2.75, 3.05) is 25.3 Å². The number of esters is 1. The van der Waals surface area contributed by atoms with E-state index in [0.717, 1.165) is 44.9 Å². The molecule has 0 amide bonds. The van der Waals surface area contributed by atoms with Crippen molar-refractivity contribution in [2.45, 2.75) is 103 Å². The van der Waals surface area contributed by atoms with Gasteiger partial charge in [0.1, 0.15) is 30.3 Å². The molecule has 2 unspecified atom stereocenters. The Labute approximate surface area is 229 Å². The van der Waals surface area contributed by atoms with Crippen LogP contribution in [0, 0.1) is 0 Å². The number of hydrogen-bond donors (Lipinski definition) is 3. The average Bonchev–Trinajstić information content (AvgIpc) is 3.55. The van der Waals surface area contributed by atoms with Gasteiger partial charge in [0.05, 0.1) is 31.7 Å². The Morgan fingerprint density at radius 1 is 1.28 bits per heavy atom. The lowest BCUT2D eigenvalue weighted by atomic mass is 10.1. The van der Waals surface area contributed by atoms with Crippen LogP contribution in [0.25, 0.3) is 11.2 Å². The second-order valence-electron chi connectivity index (χ2n) is 10.5. The van der Waals surface area contributed by atoms with Crippen molar-refractivity contribution < 1.29 is 33.2 Å². The highest BCUT2D eigenvalue weighted by Gasteiger charge is 2.39. The molecule has 0 aromatic carbocycles. The molecule has 4 N–H and O–H groups in total. The maximum absolute atomic E-state index is 13.9. The monoisotopic (exact) mass is 570 g/mol. The lowest BCUT2D eigenvalue weighted by Gasteiger charge is -2.31. The Morgan fingerprint density at radius 3 is 2.74 bits per heavy atom. The summed E-state index contributed by atoms with van der Waals surface area (Å²) in [5.74, 6) is -0.281. The average molecular weight is 571 g/mol. The fourth-order valence-corrected chi connectivity index (χ4v) is 6.29. The first-order valence-corrected chi connectivity index (χ1v) is 15.4. The molecule has 1 aliphatic carbocycles. The van der Waals surface area contributed by atoms with Crippen molar-refractivity contribution in [2.24, 2.45) is 0 Å². The summed E-state index contributed by atoms with van der Waals surface area (Å²) >= 11 is 0. The molecule has 39 heavy (non-hydrogen) atoms. The zero-order valence-corrected chi connectivity index (χ0v) is 24.3. The highest BCUT2D eigenvalue weighted by molar-refractivity contribution is 7.56. The normalized spacial score (nSPS) is 17.8. The van der Waals surface area contributed by atoms with E-state index in [9.17, 15) is 14.5 Å². The molecule has 3 rings (SSSR count). The van der Waals surface area contributed by atoms with Gasteiger partial charge in [-0.1, -0.05) is 32.6 Å². The number of aromatic nitrogens is 4. The molecule has 1 saturated carbocycles. The van der Waals surface area contributed by atoms with Crippen molar-refractivity contribution in [3.63, 3.8) is 0 Å². The van der Waals surface area contributed by atoms with Gasteiger partial charge in [-0.2, -0.15) is 0 Å². The van der Waals surface area contributed by atoms with Crippen LogP contribution in [0.15, 0.2) is 12.7 Å². The molecule has 0 radical (unpaired) electrons. The summed E-state index contributed by atoms with van der Waals surface area (Å²) in [7, 11) is -3.82. The van der Waals surface area contributed by atoms with E-state index in [4.69, 9.17) is 24.5 Å². The maximum atomic E-state index is 13.9. The lowest BCUT2D eigenvalue weighted by Crippen LogP contribution is -2.47. The smallest absolute Gasteiger partial charge is 0.326 e. The van der Waals surface area contributed by atoms with E-state index in [2.05, 4.69) is 27.0 Å². The minimum absolute atomic E-state index is 0.0513. The maximum Gasteiger partial charge on any atom is 0.326 e. The Balaban J connectivity index is 1.64. The zero-order valence-electron chi connectivity index (χ0n) is 23.4. The van der Waals surface area contributed by atoms with Crippen LogP contribution in [0.4, 0.5) is 5.82 Å². The quantitative estimate of drug-likeness (QED) is 0.110. The molecule has 220 valence electrons. The number of rotatable bonds is 17. The topological polar surface area (TPSA) is 173 Å². The summed E-state index contributed by atoms with van der Waals surface area (Å²) in [5, 5.41) is 13.2. The van der Waals surface area contributed by atoms with Crippen LogP contribution in [0.3, 0.4) is 0 Å². The summed E-state index contributed by atoms with van der Waals surface area (Å²) < 4.78 is 38.3. The third kappa shape index (κ3) is 9.47. The second-order valence-corrected chi connectivity index (χ2v) is 12.6. The number of aliphatic hydroxyl groups is 1. The first-order valence-electron chi connectivity index (χ1n) is 13.6. The fourth-order valence-electron chi connectivity index (χ4n) is 4.33. The van der Waals surface area contributed by atoms with Gasteiger partial charge in [0.15, 0.2) is 17.8 Å². The van der Waals surface area contributed by atoms with E-state index in [1.54, 1.807) is 31.7 Å². The number of fused-ring (bicyclic) bond motifs is 1. The minimum atomic E-state index is -3.82. The third-order valence-corrected chi connectivity index (χ3v) is 8.39. The van der Waals surface area contributed by atoms with Crippen molar-refractivity contribution in [1.29, 1.82) is 0 Å². The Morgan fingerprint density at radius 2 is 2.03 bits per heavy atom. The summed E-state index contributed by atoms with van der Waals surface area (Å²) in [4.78, 5) is 25.2. The number of unbranched alkanes of at least 4 members (excludes halogenated alkanes) is 2. The molecule has 2 aromatic heterocycles. The van der Waals surface area contributed by atoms with Gasteiger partial charge in [-0.05, 0) is 40.0 Å². The number of nitrogens with two attached hydrogens (primary N) is 1. The Hall–Kier alpha value is -2.15. The van der Waals surface area contributed by atoms with Crippen molar-refractivity contribution in [3.05, 3.63) is 12.7 Å². The number of anilines is 1. The highest BCUT2D eigenvalue weighted by atomic mass is 31.2. The molecular formula is C25H43N6O7P. The predicted octanol–water partition coefficient (Wildman–Crippen LogP) is 3.36. The van der Waals surface area contributed by atoms with E-state index in [0.29, 0.717) is 17.7 Å². The van der Waals surface area contributed by atoms with Crippen molar-refractivity contribution in [3.8, 4) is 0 Å². The van der Waals surface area contributed by atoms with Gasteiger partial charge >= 0.3 is 5.97 Å². The number of imidazole rings is 1. The van der Waals surface area contributed by atoms with Gasteiger partial charge in [-0.25, -0.2) is 20.0 Å². The SMILES string of the molecule is CCCCCOC(=O)C(C)(C)NP(=O)(CO[C@H](C)Cn1cnc2c(N)ncnc21)OCC(O)OC1CCCC1. The number of carbonyl (C=O) groups excluding carboxylic acids is 1. The molecule has 2 heterocycles. The predicted molar refractivity (Wildman–Crippen MR) is 146 cm³/mol. The number of ether oxygens (including phenoxy) is 3. The molecule has 0 bridgehead atoms. The van der Waals surface area contributed by atoms with Gasteiger partial charge < -0.3 is 34.1 Å². The third-order valence-electron chi connectivity index (χ3n) is 6.43. The lowest BCUT2D eigenvalue weighted by molar-refractivity contribution is -0.151. The molecule has 13 nitrogen and oxygen atoms in total. The van der Waals surface area contributed by atoms with E-state index >= 15 is 0 Å². The van der Waals surface area contributed by atoms with Gasteiger partial charge in [0.25, 0.3) is 7.52 Å². The first kappa shape index (κ1) is 31.4. The molecule has 1 fully saturated rings. The second kappa shape index (κ2) is 14.5. The number of nitrogen functional groups attached to an aromatic ring is 1. The van der Waals surface area contributed by atoms with E-state index in [1.165, 1.54) is 6.33 Å². The molecule has 1 aliphatic rings. The fraction of sp³-hybridized carbons (Fsp3) is 0.760.